The Balaban J connectivity index is 2.05. The van der Waals surface area contributed by atoms with Crippen molar-refractivity contribution in [3.63, 3.8) is 0 Å². The van der Waals surface area contributed by atoms with Gasteiger partial charge in [0.15, 0.2) is 0 Å². The molecule has 2 rings (SSSR count). The van der Waals surface area contributed by atoms with Crippen molar-refractivity contribution in [1.82, 2.24) is 4.90 Å². The van der Waals surface area contributed by atoms with Gasteiger partial charge in [-0.1, -0.05) is 36.3 Å². The summed E-state index contributed by atoms with van der Waals surface area (Å²) in [5.74, 6) is 2.48. The van der Waals surface area contributed by atoms with Crippen molar-refractivity contribution in [3.8, 4) is 12.3 Å². The van der Waals surface area contributed by atoms with Crippen LogP contribution in [0.2, 0.25) is 0 Å². The Labute approximate surface area is 95.0 Å². The van der Waals surface area contributed by atoms with Gasteiger partial charge >= 0.3 is 6.09 Å². The summed E-state index contributed by atoms with van der Waals surface area (Å²) in [4.78, 5) is 13.0. The summed E-state index contributed by atoms with van der Waals surface area (Å²) >= 11 is 0. The van der Waals surface area contributed by atoms with E-state index in [0.29, 0.717) is 13.2 Å². The maximum absolute atomic E-state index is 11.4. The number of rotatable bonds is 3. The van der Waals surface area contributed by atoms with E-state index in [9.17, 15) is 4.79 Å². The molecule has 0 aromatic heterocycles. The van der Waals surface area contributed by atoms with E-state index in [2.05, 4.69) is 5.92 Å². The highest BCUT2D eigenvalue weighted by Crippen LogP contribution is 2.16. The van der Waals surface area contributed by atoms with E-state index in [0.717, 1.165) is 6.42 Å². The summed E-state index contributed by atoms with van der Waals surface area (Å²) in [5.41, 5.74) is 1.19. The minimum absolute atomic E-state index is 0.0611. The molecule has 3 heteroatoms. The standard InChI is InChI=1S/C13H13NO2/c1-2-8-14-12(10-16-13(14)15)9-11-6-4-3-5-7-11/h1,3-7,12H,8-10H2/t12-/m0/s1. The smallest absolute Gasteiger partial charge is 0.411 e. The van der Waals surface area contributed by atoms with Crippen molar-refractivity contribution in [2.45, 2.75) is 12.5 Å². The monoisotopic (exact) mass is 215 g/mol. The molecular formula is C13H13NO2. The second-order valence-electron chi connectivity index (χ2n) is 3.75. The SMILES string of the molecule is C#CCN1C(=O)OC[C@@H]1Cc1ccccc1. The Hall–Kier alpha value is -1.95. The molecule has 1 aromatic carbocycles. The van der Waals surface area contributed by atoms with Gasteiger partial charge in [-0.3, -0.25) is 4.90 Å². The molecule has 3 nitrogen and oxygen atoms in total. The molecule has 0 saturated carbocycles. The molecule has 0 unspecified atom stereocenters. The molecule has 16 heavy (non-hydrogen) atoms. The fraction of sp³-hybridized carbons (Fsp3) is 0.308. The normalized spacial score (nSPS) is 19.3. The minimum Gasteiger partial charge on any atom is -0.447 e. The number of benzene rings is 1. The van der Waals surface area contributed by atoms with Crippen molar-refractivity contribution < 1.29 is 9.53 Å². The zero-order valence-electron chi connectivity index (χ0n) is 8.93. The maximum Gasteiger partial charge on any atom is 0.411 e. The van der Waals surface area contributed by atoms with Gasteiger partial charge in [0.25, 0.3) is 0 Å². The third-order valence-electron chi connectivity index (χ3n) is 2.65. The molecule has 0 aliphatic carbocycles. The van der Waals surface area contributed by atoms with Crippen molar-refractivity contribution in [2.75, 3.05) is 13.2 Å². The van der Waals surface area contributed by atoms with E-state index >= 15 is 0 Å². The average molecular weight is 215 g/mol. The van der Waals surface area contributed by atoms with Gasteiger partial charge in [-0.25, -0.2) is 4.79 Å². The van der Waals surface area contributed by atoms with Gasteiger partial charge < -0.3 is 4.74 Å². The molecule has 0 radical (unpaired) electrons. The van der Waals surface area contributed by atoms with Crippen LogP contribution in [0.25, 0.3) is 0 Å². The summed E-state index contributed by atoms with van der Waals surface area (Å²) < 4.78 is 4.99. The first kappa shape index (κ1) is 10.6. The van der Waals surface area contributed by atoms with Crippen LogP contribution in [-0.2, 0) is 11.2 Å². The molecule has 1 heterocycles. The number of cyclic esters (lactones) is 1. The summed E-state index contributed by atoms with van der Waals surface area (Å²) in [6.45, 7) is 0.742. The molecule has 0 N–H and O–H groups in total. The minimum atomic E-state index is -0.307. The topological polar surface area (TPSA) is 29.5 Å². The van der Waals surface area contributed by atoms with E-state index in [1.165, 1.54) is 5.56 Å². The molecule has 0 spiro atoms. The molecule has 1 atom stereocenters. The highest BCUT2D eigenvalue weighted by molar-refractivity contribution is 5.70. The molecule has 1 aliphatic heterocycles. The van der Waals surface area contributed by atoms with Gasteiger partial charge in [-0.15, -0.1) is 6.42 Å². The summed E-state index contributed by atoms with van der Waals surface area (Å²) in [6.07, 6.45) is 5.71. The average Bonchev–Trinajstić information content (AvgIpc) is 2.64. The Morgan fingerprint density at radius 2 is 2.19 bits per heavy atom. The molecule has 1 amide bonds. The first-order chi connectivity index (χ1) is 7.81. The van der Waals surface area contributed by atoms with Crippen LogP contribution in [0.15, 0.2) is 30.3 Å². The second kappa shape index (κ2) is 4.71. The third kappa shape index (κ3) is 2.17. The van der Waals surface area contributed by atoms with Crippen LogP contribution in [0.5, 0.6) is 0 Å². The largest absolute Gasteiger partial charge is 0.447 e. The lowest BCUT2D eigenvalue weighted by molar-refractivity contribution is 0.161. The summed E-state index contributed by atoms with van der Waals surface area (Å²) in [6, 6.07) is 10.1. The van der Waals surface area contributed by atoms with Crippen LogP contribution in [0.3, 0.4) is 0 Å². The first-order valence-corrected chi connectivity index (χ1v) is 5.22. The maximum atomic E-state index is 11.4. The summed E-state index contributed by atoms with van der Waals surface area (Å²) in [7, 11) is 0. The summed E-state index contributed by atoms with van der Waals surface area (Å²) in [5, 5.41) is 0. The van der Waals surface area contributed by atoms with Gasteiger partial charge in [0, 0.05) is 0 Å². The third-order valence-corrected chi connectivity index (χ3v) is 2.65. The molecule has 1 aliphatic rings. The molecule has 1 aromatic rings. The molecular weight excluding hydrogens is 202 g/mol. The first-order valence-electron chi connectivity index (χ1n) is 5.22. The van der Waals surface area contributed by atoms with Crippen LogP contribution < -0.4 is 0 Å². The van der Waals surface area contributed by atoms with Crippen molar-refractivity contribution >= 4 is 6.09 Å². The number of carbonyl (C=O) groups excluding carboxylic acids is 1. The highest BCUT2D eigenvalue weighted by atomic mass is 16.6. The highest BCUT2D eigenvalue weighted by Gasteiger charge is 2.31. The quantitative estimate of drug-likeness (QED) is 0.718. The number of nitrogens with zero attached hydrogens (tertiary/aromatic N) is 1. The van der Waals surface area contributed by atoms with E-state index < -0.39 is 0 Å². The molecule has 0 bridgehead atoms. The van der Waals surface area contributed by atoms with Gasteiger partial charge in [0.05, 0.1) is 12.6 Å². The van der Waals surface area contributed by atoms with Crippen molar-refractivity contribution in [2.24, 2.45) is 0 Å². The predicted octanol–water partition coefficient (Wildman–Crippen LogP) is 1.68. The van der Waals surface area contributed by atoms with E-state index in [4.69, 9.17) is 11.2 Å². The van der Waals surface area contributed by atoms with E-state index in [1.807, 2.05) is 30.3 Å². The lowest BCUT2D eigenvalue weighted by Crippen LogP contribution is -2.35. The molecule has 1 saturated heterocycles. The Kier molecular flexibility index (Phi) is 3.11. The van der Waals surface area contributed by atoms with Crippen LogP contribution in [0.1, 0.15) is 5.56 Å². The predicted molar refractivity (Wildman–Crippen MR) is 60.8 cm³/mol. The Bertz CT molecular complexity index is 408. The van der Waals surface area contributed by atoms with Gasteiger partial charge in [0.1, 0.15) is 6.61 Å². The number of amides is 1. The van der Waals surface area contributed by atoms with Crippen LogP contribution in [0.4, 0.5) is 4.79 Å². The lowest BCUT2D eigenvalue weighted by atomic mass is 10.1. The number of terminal acetylenes is 1. The Morgan fingerprint density at radius 3 is 2.88 bits per heavy atom. The lowest BCUT2D eigenvalue weighted by Gasteiger charge is -2.18. The Morgan fingerprint density at radius 1 is 1.44 bits per heavy atom. The fourth-order valence-electron chi connectivity index (χ4n) is 1.84. The fourth-order valence-corrected chi connectivity index (χ4v) is 1.84. The van der Waals surface area contributed by atoms with E-state index in [-0.39, 0.29) is 12.1 Å². The number of hydrogen-bond donors (Lipinski definition) is 0. The van der Waals surface area contributed by atoms with Gasteiger partial charge in [-0.2, -0.15) is 0 Å². The second-order valence-corrected chi connectivity index (χ2v) is 3.75. The molecule has 1 fully saturated rings. The van der Waals surface area contributed by atoms with Gasteiger partial charge in [-0.05, 0) is 12.0 Å². The van der Waals surface area contributed by atoms with E-state index in [1.54, 1.807) is 4.90 Å². The van der Waals surface area contributed by atoms with Crippen molar-refractivity contribution in [1.29, 1.82) is 0 Å². The van der Waals surface area contributed by atoms with Crippen LogP contribution in [0, 0.1) is 12.3 Å². The number of carbonyl (C=O) groups is 1. The van der Waals surface area contributed by atoms with Crippen molar-refractivity contribution in [3.05, 3.63) is 35.9 Å². The zero-order chi connectivity index (χ0) is 11.4. The number of ether oxygens (including phenoxy) is 1. The van der Waals surface area contributed by atoms with Gasteiger partial charge in [0.2, 0.25) is 0 Å². The van der Waals surface area contributed by atoms with Crippen LogP contribution >= 0.6 is 0 Å². The molecule has 82 valence electrons. The van der Waals surface area contributed by atoms with Crippen LogP contribution in [-0.4, -0.2) is 30.2 Å². The number of hydrogen-bond acceptors (Lipinski definition) is 2. The zero-order valence-corrected chi connectivity index (χ0v) is 8.93.